The van der Waals surface area contributed by atoms with Crippen LogP contribution in [0.25, 0.3) is 0 Å². The van der Waals surface area contributed by atoms with E-state index in [4.69, 9.17) is 13.9 Å². The summed E-state index contributed by atoms with van der Waals surface area (Å²) in [6.07, 6.45) is 2.42. The fourth-order valence-corrected chi connectivity index (χ4v) is 2.74. The van der Waals surface area contributed by atoms with E-state index in [1.165, 1.54) is 0 Å². The lowest BCUT2D eigenvalue weighted by Crippen LogP contribution is -2.31. The van der Waals surface area contributed by atoms with E-state index in [9.17, 15) is 4.79 Å². The molecule has 1 amide bonds. The van der Waals surface area contributed by atoms with E-state index in [1.807, 2.05) is 45.0 Å². The first kappa shape index (κ1) is 15.5. The van der Waals surface area contributed by atoms with Gasteiger partial charge in [-0.05, 0) is 39.0 Å². The van der Waals surface area contributed by atoms with Gasteiger partial charge in [0.05, 0.1) is 12.3 Å². The standard InChI is InChI=1S/C18H21NO4/c1-12(14-8-5-9-21-14)19-16(20)11-22-15-7-4-6-13-10-18(2,3)23-17(13)15/h4-9,12H,10-11H2,1-3H3,(H,19,20). The zero-order valence-electron chi connectivity index (χ0n) is 13.6. The number of hydrogen-bond donors (Lipinski definition) is 1. The number of ether oxygens (including phenoxy) is 2. The van der Waals surface area contributed by atoms with Crippen LogP contribution in [0.2, 0.25) is 0 Å². The molecule has 2 aromatic rings. The highest BCUT2D eigenvalue weighted by Gasteiger charge is 2.32. The van der Waals surface area contributed by atoms with Gasteiger partial charge in [0.1, 0.15) is 11.4 Å². The van der Waals surface area contributed by atoms with Crippen LogP contribution in [0.4, 0.5) is 0 Å². The Hall–Kier alpha value is -2.43. The first-order chi connectivity index (χ1) is 10.9. The minimum absolute atomic E-state index is 0.0642. The second kappa shape index (κ2) is 5.99. The third-order valence-electron chi connectivity index (χ3n) is 3.76. The summed E-state index contributed by atoms with van der Waals surface area (Å²) < 4.78 is 16.8. The van der Waals surface area contributed by atoms with Crippen molar-refractivity contribution in [1.82, 2.24) is 5.32 Å². The van der Waals surface area contributed by atoms with Crippen molar-refractivity contribution in [1.29, 1.82) is 0 Å². The first-order valence-electron chi connectivity index (χ1n) is 7.71. The Bertz CT molecular complexity index is 691. The normalized spacial score (nSPS) is 16.3. The molecule has 0 aliphatic carbocycles. The molecule has 5 nitrogen and oxygen atoms in total. The first-order valence-corrected chi connectivity index (χ1v) is 7.71. The van der Waals surface area contributed by atoms with Crippen LogP contribution in [0.1, 0.15) is 38.1 Å². The van der Waals surface area contributed by atoms with Crippen LogP contribution >= 0.6 is 0 Å². The topological polar surface area (TPSA) is 60.7 Å². The molecule has 1 aromatic carbocycles. The van der Waals surface area contributed by atoms with Crippen LogP contribution in [0.3, 0.4) is 0 Å². The quantitative estimate of drug-likeness (QED) is 0.920. The summed E-state index contributed by atoms with van der Waals surface area (Å²) in [5.41, 5.74) is 0.870. The Morgan fingerprint density at radius 1 is 1.35 bits per heavy atom. The van der Waals surface area contributed by atoms with Gasteiger partial charge in [-0.15, -0.1) is 0 Å². The predicted octanol–water partition coefficient (Wildman–Crippen LogP) is 3.25. The number of amides is 1. The highest BCUT2D eigenvalue weighted by Crippen LogP contribution is 2.41. The van der Waals surface area contributed by atoms with E-state index >= 15 is 0 Å². The molecule has 1 aliphatic heterocycles. The summed E-state index contributed by atoms with van der Waals surface area (Å²) in [5.74, 6) is 1.85. The van der Waals surface area contributed by atoms with Gasteiger partial charge < -0.3 is 19.2 Å². The van der Waals surface area contributed by atoms with Crippen molar-refractivity contribution >= 4 is 5.91 Å². The molecule has 1 N–H and O–H groups in total. The molecule has 0 saturated heterocycles. The van der Waals surface area contributed by atoms with Gasteiger partial charge in [-0.25, -0.2) is 0 Å². The summed E-state index contributed by atoms with van der Waals surface area (Å²) in [6, 6.07) is 9.19. The molecule has 3 rings (SSSR count). The minimum atomic E-state index is -0.238. The van der Waals surface area contributed by atoms with Crippen molar-refractivity contribution in [3.05, 3.63) is 47.9 Å². The molecule has 5 heteroatoms. The van der Waals surface area contributed by atoms with Crippen molar-refractivity contribution in [2.24, 2.45) is 0 Å². The molecule has 0 radical (unpaired) electrons. The minimum Gasteiger partial charge on any atom is -0.483 e. The lowest BCUT2D eigenvalue weighted by atomic mass is 10.0. The molecule has 2 heterocycles. The molecule has 1 atom stereocenters. The van der Waals surface area contributed by atoms with Gasteiger partial charge in [0, 0.05) is 12.0 Å². The van der Waals surface area contributed by atoms with Crippen LogP contribution in [-0.4, -0.2) is 18.1 Å². The second-order valence-corrected chi connectivity index (χ2v) is 6.38. The Morgan fingerprint density at radius 3 is 2.91 bits per heavy atom. The number of carbonyl (C=O) groups excluding carboxylic acids is 1. The van der Waals surface area contributed by atoms with E-state index in [1.54, 1.807) is 12.3 Å². The maximum absolute atomic E-state index is 12.0. The molecule has 122 valence electrons. The molecule has 0 saturated carbocycles. The van der Waals surface area contributed by atoms with Gasteiger partial charge in [-0.2, -0.15) is 0 Å². The summed E-state index contributed by atoms with van der Waals surface area (Å²) in [5, 5.41) is 2.84. The molecule has 1 aromatic heterocycles. The van der Waals surface area contributed by atoms with Crippen LogP contribution in [0, 0.1) is 0 Å². The number of benzene rings is 1. The van der Waals surface area contributed by atoms with Crippen LogP contribution in [-0.2, 0) is 11.2 Å². The summed E-state index contributed by atoms with van der Waals surface area (Å²) in [7, 11) is 0. The van der Waals surface area contributed by atoms with Crippen molar-refractivity contribution in [2.45, 2.75) is 38.8 Å². The Kier molecular flexibility index (Phi) is 4.03. The molecule has 23 heavy (non-hydrogen) atoms. The molecule has 1 aliphatic rings. The van der Waals surface area contributed by atoms with Crippen molar-refractivity contribution in [3.63, 3.8) is 0 Å². The lowest BCUT2D eigenvalue weighted by Gasteiger charge is -2.18. The van der Waals surface area contributed by atoms with Crippen LogP contribution in [0.5, 0.6) is 11.5 Å². The van der Waals surface area contributed by atoms with Gasteiger partial charge in [-0.3, -0.25) is 4.79 Å². The maximum Gasteiger partial charge on any atom is 0.258 e. The number of furan rings is 1. The van der Waals surface area contributed by atoms with Crippen molar-refractivity contribution in [3.8, 4) is 11.5 Å². The molecule has 0 fully saturated rings. The highest BCUT2D eigenvalue weighted by molar-refractivity contribution is 5.78. The summed E-state index contributed by atoms with van der Waals surface area (Å²) in [4.78, 5) is 12.0. The fourth-order valence-electron chi connectivity index (χ4n) is 2.74. The number of fused-ring (bicyclic) bond motifs is 1. The Morgan fingerprint density at radius 2 is 2.17 bits per heavy atom. The third kappa shape index (κ3) is 3.50. The van der Waals surface area contributed by atoms with E-state index in [0.717, 1.165) is 17.7 Å². The third-order valence-corrected chi connectivity index (χ3v) is 3.76. The monoisotopic (exact) mass is 315 g/mol. The average Bonchev–Trinajstić information content (AvgIpc) is 3.10. The predicted molar refractivity (Wildman–Crippen MR) is 85.6 cm³/mol. The van der Waals surface area contributed by atoms with Gasteiger partial charge in [0.15, 0.2) is 18.1 Å². The number of rotatable bonds is 5. The Balaban J connectivity index is 1.59. The largest absolute Gasteiger partial charge is 0.483 e. The molecular weight excluding hydrogens is 294 g/mol. The van der Waals surface area contributed by atoms with Crippen LogP contribution < -0.4 is 14.8 Å². The number of nitrogens with one attached hydrogen (secondary N) is 1. The van der Waals surface area contributed by atoms with E-state index in [2.05, 4.69) is 5.32 Å². The zero-order valence-corrected chi connectivity index (χ0v) is 13.6. The van der Waals surface area contributed by atoms with Gasteiger partial charge in [-0.1, -0.05) is 12.1 Å². The summed E-state index contributed by atoms with van der Waals surface area (Å²) in [6.45, 7) is 5.87. The van der Waals surface area contributed by atoms with Gasteiger partial charge >= 0.3 is 0 Å². The molecule has 0 bridgehead atoms. The number of hydrogen-bond acceptors (Lipinski definition) is 4. The Labute approximate surface area is 135 Å². The molecule has 0 spiro atoms. The fraction of sp³-hybridized carbons (Fsp3) is 0.389. The summed E-state index contributed by atoms with van der Waals surface area (Å²) >= 11 is 0. The lowest BCUT2D eigenvalue weighted by molar-refractivity contribution is -0.123. The molecular formula is C18H21NO4. The van der Waals surface area contributed by atoms with E-state index in [0.29, 0.717) is 11.5 Å². The maximum atomic E-state index is 12.0. The zero-order chi connectivity index (χ0) is 16.4. The smallest absolute Gasteiger partial charge is 0.258 e. The van der Waals surface area contributed by atoms with Gasteiger partial charge in [0.2, 0.25) is 0 Å². The molecule has 1 unspecified atom stereocenters. The van der Waals surface area contributed by atoms with E-state index < -0.39 is 0 Å². The average molecular weight is 315 g/mol. The van der Waals surface area contributed by atoms with Crippen molar-refractivity contribution < 1.29 is 18.7 Å². The van der Waals surface area contributed by atoms with Gasteiger partial charge in [0.25, 0.3) is 5.91 Å². The highest BCUT2D eigenvalue weighted by atomic mass is 16.5. The number of para-hydroxylation sites is 1. The van der Waals surface area contributed by atoms with Crippen LogP contribution in [0.15, 0.2) is 41.0 Å². The SMILES string of the molecule is CC(NC(=O)COc1cccc2c1OC(C)(C)C2)c1ccco1. The van der Waals surface area contributed by atoms with Crippen molar-refractivity contribution in [2.75, 3.05) is 6.61 Å². The van der Waals surface area contributed by atoms with E-state index in [-0.39, 0.29) is 24.2 Å². The number of carbonyl (C=O) groups is 1. The second-order valence-electron chi connectivity index (χ2n) is 6.38.